The molecule has 0 unspecified atom stereocenters. The van der Waals surface area contributed by atoms with Crippen LogP contribution in [-0.2, 0) is 11.3 Å². The highest BCUT2D eigenvalue weighted by Crippen LogP contribution is 2.17. The Hall–Kier alpha value is -3.15. The molecule has 6 nitrogen and oxygen atoms in total. The SMILES string of the molecule is CC(=O)Nc1ccc(C(=O)NCc2ccc3oc(C)nc3c2)cc1. The maximum Gasteiger partial charge on any atom is 0.251 e. The fourth-order valence-corrected chi connectivity index (χ4v) is 2.39. The maximum absolute atomic E-state index is 12.2. The van der Waals surface area contributed by atoms with Gasteiger partial charge in [-0.25, -0.2) is 4.98 Å². The molecule has 3 aromatic rings. The molecule has 6 heteroatoms. The Morgan fingerprint density at radius 3 is 2.58 bits per heavy atom. The summed E-state index contributed by atoms with van der Waals surface area (Å²) in [5, 5.41) is 5.52. The first-order chi connectivity index (χ1) is 11.5. The zero-order chi connectivity index (χ0) is 17.1. The summed E-state index contributed by atoms with van der Waals surface area (Å²) in [6, 6.07) is 12.4. The molecule has 0 fully saturated rings. The van der Waals surface area contributed by atoms with Gasteiger partial charge in [0.1, 0.15) is 5.52 Å². The first-order valence-corrected chi connectivity index (χ1v) is 7.53. The molecule has 0 radical (unpaired) electrons. The second kappa shape index (κ2) is 6.54. The Labute approximate surface area is 138 Å². The highest BCUT2D eigenvalue weighted by atomic mass is 16.3. The van der Waals surface area contributed by atoms with Crippen LogP contribution in [0.15, 0.2) is 46.9 Å². The molecule has 0 saturated heterocycles. The van der Waals surface area contributed by atoms with Crippen molar-refractivity contribution < 1.29 is 14.0 Å². The van der Waals surface area contributed by atoms with E-state index >= 15 is 0 Å². The smallest absolute Gasteiger partial charge is 0.251 e. The van der Waals surface area contributed by atoms with Crippen LogP contribution < -0.4 is 10.6 Å². The number of nitrogens with zero attached hydrogens (tertiary/aromatic N) is 1. The molecule has 122 valence electrons. The third-order valence-corrected chi connectivity index (χ3v) is 3.48. The van der Waals surface area contributed by atoms with E-state index in [1.165, 1.54) is 6.92 Å². The number of hydrogen-bond donors (Lipinski definition) is 2. The molecule has 2 aromatic carbocycles. The quantitative estimate of drug-likeness (QED) is 0.773. The van der Waals surface area contributed by atoms with Crippen molar-refractivity contribution in [2.24, 2.45) is 0 Å². The van der Waals surface area contributed by atoms with Gasteiger partial charge in [-0.15, -0.1) is 0 Å². The molecule has 1 aromatic heterocycles. The van der Waals surface area contributed by atoms with Gasteiger partial charge in [-0.05, 0) is 42.0 Å². The summed E-state index contributed by atoms with van der Waals surface area (Å²) < 4.78 is 5.43. The van der Waals surface area contributed by atoms with E-state index in [2.05, 4.69) is 15.6 Å². The number of oxazole rings is 1. The van der Waals surface area contributed by atoms with E-state index in [4.69, 9.17) is 4.42 Å². The van der Waals surface area contributed by atoms with Crippen molar-refractivity contribution in [3.05, 3.63) is 59.5 Å². The average Bonchev–Trinajstić information content (AvgIpc) is 2.92. The molecule has 0 bridgehead atoms. The molecule has 3 rings (SSSR count). The molecule has 0 aliphatic carbocycles. The van der Waals surface area contributed by atoms with Gasteiger partial charge in [-0.2, -0.15) is 0 Å². The van der Waals surface area contributed by atoms with E-state index in [1.54, 1.807) is 31.2 Å². The Morgan fingerprint density at radius 1 is 1.12 bits per heavy atom. The number of anilines is 1. The Bertz CT molecular complexity index is 898. The number of fused-ring (bicyclic) bond motifs is 1. The average molecular weight is 323 g/mol. The summed E-state index contributed by atoms with van der Waals surface area (Å²) in [6.45, 7) is 3.63. The van der Waals surface area contributed by atoms with Crippen LogP contribution in [0.2, 0.25) is 0 Å². The van der Waals surface area contributed by atoms with E-state index in [1.807, 2.05) is 18.2 Å². The first-order valence-electron chi connectivity index (χ1n) is 7.53. The van der Waals surface area contributed by atoms with Crippen molar-refractivity contribution in [3.63, 3.8) is 0 Å². The van der Waals surface area contributed by atoms with Gasteiger partial charge in [0, 0.05) is 31.6 Å². The molecule has 2 amide bonds. The Morgan fingerprint density at radius 2 is 1.88 bits per heavy atom. The summed E-state index contributed by atoms with van der Waals surface area (Å²) in [6.07, 6.45) is 0. The van der Waals surface area contributed by atoms with E-state index in [-0.39, 0.29) is 11.8 Å². The topological polar surface area (TPSA) is 84.2 Å². The van der Waals surface area contributed by atoms with E-state index in [0.717, 1.165) is 16.7 Å². The number of aryl methyl sites for hydroxylation is 1. The van der Waals surface area contributed by atoms with Crippen molar-refractivity contribution in [1.29, 1.82) is 0 Å². The lowest BCUT2D eigenvalue weighted by Gasteiger charge is -2.07. The molecule has 2 N–H and O–H groups in total. The first kappa shape index (κ1) is 15.7. The van der Waals surface area contributed by atoms with Gasteiger partial charge in [0.05, 0.1) is 0 Å². The summed E-state index contributed by atoms with van der Waals surface area (Å²) in [7, 11) is 0. The highest BCUT2D eigenvalue weighted by molar-refractivity contribution is 5.95. The van der Waals surface area contributed by atoms with Gasteiger partial charge in [0.25, 0.3) is 5.91 Å². The van der Waals surface area contributed by atoms with Gasteiger partial charge < -0.3 is 15.1 Å². The number of hydrogen-bond acceptors (Lipinski definition) is 4. The molecule has 24 heavy (non-hydrogen) atoms. The predicted molar refractivity (Wildman–Crippen MR) is 90.7 cm³/mol. The standard InChI is InChI=1S/C18H17N3O3/c1-11(22)20-15-6-4-14(5-7-15)18(23)19-10-13-3-8-17-16(9-13)21-12(2)24-17/h3-9H,10H2,1-2H3,(H,19,23)(H,20,22). The van der Waals surface area contributed by atoms with Crippen molar-refractivity contribution in [3.8, 4) is 0 Å². The highest BCUT2D eigenvalue weighted by Gasteiger charge is 2.07. The lowest BCUT2D eigenvalue weighted by molar-refractivity contribution is -0.114. The van der Waals surface area contributed by atoms with Crippen molar-refractivity contribution in [2.45, 2.75) is 20.4 Å². The summed E-state index contributed by atoms with van der Waals surface area (Å²) in [5.41, 5.74) is 3.64. The van der Waals surface area contributed by atoms with E-state index < -0.39 is 0 Å². The van der Waals surface area contributed by atoms with Crippen LogP contribution in [0.4, 0.5) is 5.69 Å². The Balaban J connectivity index is 1.64. The van der Waals surface area contributed by atoms with E-state index in [9.17, 15) is 9.59 Å². The molecule has 0 spiro atoms. The van der Waals surface area contributed by atoms with Crippen LogP contribution in [0.1, 0.15) is 28.7 Å². The van der Waals surface area contributed by atoms with Gasteiger partial charge in [-0.1, -0.05) is 6.07 Å². The molecule has 0 aliphatic rings. The fraction of sp³-hybridized carbons (Fsp3) is 0.167. The largest absolute Gasteiger partial charge is 0.441 e. The molecule has 0 aliphatic heterocycles. The van der Waals surface area contributed by atoms with Gasteiger partial charge >= 0.3 is 0 Å². The van der Waals surface area contributed by atoms with Crippen LogP contribution in [-0.4, -0.2) is 16.8 Å². The van der Waals surface area contributed by atoms with E-state index in [0.29, 0.717) is 23.7 Å². The second-order valence-electron chi connectivity index (χ2n) is 5.48. The van der Waals surface area contributed by atoms with Crippen LogP contribution in [0.25, 0.3) is 11.1 Å². The number of rotatable bonds is 4. The monoisotopic (exact) mass is 323 g/mol. The van der Waals surface area contributed by atoms with Crippen LogP contribution >= 0.6 is 0 Å². The summed E-state index contributed by atoms with van der Waals surface area (Å²) >= 11 is 0. The minimum Gasteiger partial charge on any atom is -0.441 e. The Kier molecular flexibility index (Phi) is 4.29. The van der Waals surface area contributed by atoms with Gasteiger partial charge in [0.2, 0.25) is 5.91 Å². The summed E-state index contributed by atoms with van der Waals surface area (Å²) in [5.74, 6) is 0.289. The summed E-state index contributed by atoms with van der Waals surface area (Å²) in [4.78, 5) is 27.4. The van der Waals surface area contributed by atoms with Gasteiger partial charge in [0.15, 0.2) is 11.5 Å². The number of aromatic nitrogens is 1. The normalized spacial score (nSPS) is 10.6. The van der Waals surface area contributed by atoms with Crippen molar-refractivity contribution in [1.82, 2.24) is 10.3 Å². The number of nitrogens with one attached hydrogen (secondary N) is 2. The molecule has 1 heterocycles. The predicted octanol–water partition coefficient (Wildman–Crippen LogP) is 3.02. The molecular formula is C18H17N3O3. The van der Waals surface area contributed by atoms with Crippen LogP contribution in [0.5, 0.6) is 0 Å². The lowest BCUT2D eigenvalue weighted by Crippen LogP contribution is -2.22. The van der Waals surface area contributed by atoms with Crippen molar-refractivity contribution >= 4 is 28.6 Å². The molecule has 0 atom stereocenters. The van der Waals surface area contributed by atoms with Crippen LogP contribution in [0, 0.1) is 6.92 Å². The fourth-order valence-electron chi connectivity index (χ4n) is 2.39. The number of amides is 2. The number of carbonyl (C=O) groups is 2. The van der Waals surface area contributed by atoms with Gasteiger partial charge in [-0.3, -0.25) is 9.59 Å². The number of carbonyl (C=O) groups excluding carboxylic acids is 2. The minimum absolute atomic E-state index is 0.148. The zero-order valence-electron chi connectivity index (χ0n) is 13.4. The molecule has 0 saturated carbocycles. The second-order valence-corrected chi connectivity index (χ2v) is 5.48. The third-order valence-electron chi connectivity index (χ3n) is 3.48. The van der Waals surface area contributed by atoms with Crippen molar-refractivity contribution in [2.75, 3.05) is 5.32 Å². The minimum atomic E-state index is -0.180. The number of benzene rings is 2. The van der Waals surface area contributed by atoms with Crippen LogP contribution in [0.3, 0.4) is 0 Å². The third kappa shape index (κ3) is 3.60. The molecular weight excluding hydrogens is 306 g/mol. The maximum atomic E-state index is 12.2. The zero-order valence-corrected chi connectivity index (χ0v) is 13.4. The lowest BCUT2D eigenvalue weighted by atomic mass is 10.1.